The van der Waals surface area contributed by atoms with Crippen molar-refractivity contribution in [1.29, 1.82) is 0 Å². The van der Waals surface area contributed by atoms with Crippen LogP contribution in [-0.4, -0.2) is 12.1 Å². The van der Waals surface area contributed by atoms with Gasteiger partial charge in [0.15, 0.2) is 0 Å². The Hall–Kier alpha value is -0.890. The minimum absolute atomic E-state index is 0.0430. The van der Waals surface area contributed by atoms with Crippen LogP contribution in [-0.2, 0) is 0 Å². The summed E-state index contributed by atoms with van der Waals surface area (Å²) >= 11 is 0. The molecule has 2 unspecified atom stereocenters. The first-order valence-electron chi connectivity index (χ1n) is 7.60. The second kappa shape index (κ2) is 6.51. The summed E-state index contributed by atoms with van der Waals surface area (Å²) in [4.78, 5) is 0. The number of benzene rings is 1. The molecule has 1 saturated carbocycles. The monoisotopic (exact) mass is 263 g/mol. The van der Waals surface area contributed by atoms with E-state index in [9.17, 15) is 4.39 Å². The molecule has 1 aromatic rings. The van der Waals surface area contributed by atoms with E-state index < -0.39 is 0 Å². The molecule has 1 nitrogen and oxygen atoms in total. The minimum Gasteiger partial charge on any atom is -0.311 e. The summed E-state index contributed by atoms with van der Waals surface area (Å²) in [5, 5.41) is 3.68. The molecular formula is C17H26FN. The Kier molecular flexibility index (Phi) is 4.98. The van der Waals surface area contributed by atoms with Crippen LogP contribution >= 0.6 is 0 Å². The predicted octanol–water partition coefficient (Wildman–Crippen LogP) is 4.49. The van der Waals surface area contributed by atoms with Crippen molar-refractivity contribution in [3.8, 4) is 0 Å². The molecule has 2 rings (SSSR count). The quantitative estimate of drug-likeness (QED) is 0.797. The Bertz CT molecular complexity index is 398. The molecule has 0 bridgehead atoms. The van der Waals surface area contributed by atoms with E-state index >= 15 is 0 Å². The summed E-state index contributed by atoms with van der Waals surface area (Å²) in [6.07, 6.45) is 4.63. The summed E-state index contributed by atoms with van der Waals surface area (Å²) < 4.78 is 13.6. The van der Waals surface area contributed by atoms with Crippen LogP contribution in [0.5, 0.6) is 0 Å². The normalized spacial score (nSPS) is 25.7. The van der Waals surface area contributed by atoms with E-state index in [2.05, 4.69) is 26.1 Å². The molecule has 1 aliphatic rings. The molecule has 0 aliphatic heterocycles. The van der Waals surface area contributed by atoms with Gasteiger partial charge in [-0.3, -0.25) is 0 Å². The Morgan fingerprint density at radius 2 is 1.95 bits per heavy atom. The highest BCUT2D eigenvalue weighted by Crippen LogP contribution is 2.38. The fraction of sp³-hybridized carbons (Fsp3) is 0.647. The third-order valence-corrected chi connectivity index (χ3v) is 4.46. The average molecular weight is 263 g/mol. The summed E-state index contributed by atoms with van der Waals surface area (Å²) in [6, 6.07) is 8.34. The van der Waals surface area contributed by atoms with Crippen LogP contribution in [0.2, 0.25) is 0 Å². The molecule has 1 fully saturated rings. The molecule has 1 aromatic carbocycles. The Balaban J connectivity index is 1.76. The number of hydrogen-bond donors (Lipinski definition) is 1. The van der Waals surface area contributed by atoms with Crippen molar-refractivity contribution in [3.05, 3.63) is 35.6 Å². The van der Waals surface area contributed by atoms with Crippen molar-refractivity contribution >= 4 is 0 Å². The van der Waals surface area contributed by atoms with Crippen molar-refractivity contribution in [2.45, 2.75) is 64.5 Å². The first kappa shape index (κ1) is 14.5. The number of rotatable bonds is 6. The molecule has 0 aromatic heterocycles. The molecule has 0 amide bonds. The topological polar surface area (TPSA) is 12.0 Å². The first-order valence-corrected chi connectivity index (χ1v) is 7.60. The SMILES string of the molecule is CCC(C)CC(C)NC1CC(c2ccccc2F)C1. The van der Waals surface area contributed by atoms with E-state index in [1.165, 1.54) is 12.8 Å². The summed E-state index contributed by atoms with van der Waals surface area (Å²) in [7, 11) is 0. The highest BCUT2D eigenvalue weighted by molar-refractivity contribution is 5.24. The Morgan fingerprint density at radius 3 is 2.58 bits per heavy atom. The smallest absolute Gasteiger partial charge is 0.126 e. The van der Waals surface area contributed by atoms with Crippen molar-refractivity contribution in [3.63, 3.8) is 0 Å². The van der Waals surface area contributed by atoms with Gasteiger partial charge < -0.3 is 5.32 Å². The largest absolute Gasteiger partial charge is 0.311 e. The van der Waals surface area contributed by atoms with E-state index in [0.29, 0.717) is 18.0 Å². The maximum atomic E-state index is 13.6. The van der Waals surface area contributed by atoms with Gasteiger partial charge in [-0.2, -0.15) is 0 Å². The molecule has 1 N–H and O–H groups in total. The van der Waals surface area contributed by atoms with E-state index in [1.54, 1.807) is 12.1 Å². The fourth-order valence-electron chi connectivity index (χ4n) is 3.05. The Morgan fingerprint density at radius 1 is 1.26 bits per heavy atom. The molecule has 2 atom stereocenters. The summed E-state index contributed by atoms with van der Waals surface area (Å²) in [6.45, 7) is 6.82. The zero-order chi connectivity index (χ0) is 13.8. The van der Waals surface area contributed by atoms with E-state index in [4.69, 9.17) is 0 Å². The maximum Gasteiger partial charge on any atom is 0.126 e. The lowest BCUT2D eigenvalue weighted by Crippen LogP contribution is -2.45. The third kappa shape index (κ3) is 3.79. The van der Waals surface area contributed by atoms with Crippen LogP contribution < -0.4 is 5.32 Å². The molecule has 0 saturated heterocycles. The van der Waals surface area contributed by atoms with Gasteiger partial charge in [-0.05, 0) is 49.7 Å². The van der Waals surface area contributed by atoms with E-state index in [0.717, 1.165) is 24.3 Å². The van der Waals surface area contributed by atoms with Crippen molar-refractivity contribution < 1.29 is 4.39 Å². The Labute approximate surface area is 116 Å². The second-order valence-corrected chi connectivity index (χ2v) is 6.20. The van der Waals surface area contributed by atoms with Crippen LogP contribution in [0, 0.1) is 11.7 Å². The van der Waals surface area contributed by atoms with Gasteiger partial charge in [0, 0.05) is 12.1 Å². The molecule has 0 heterocycles. The van der Waals surface area contributed by atoms with Gasteiger partial charge in [-0.1, -0.05) is 38.5 Å². The van der Waals surface area contributed by atoms with Crippen LogP contribution in [0.25, 0.3) is 0 Å². The average Bonchev–Trinajstić information content (AvgIpc) is 2.34. The fourth-order valence-corrected chi connectivity index (χ4v) is 3.05. The van der Waals surface area contributed by atoms with Gasteiger partial charge in [-0.25, -0.2) is 4.39 Å². The first-order chi connectivity index (χ1) is 9.10. The summed E-state index contributed by atoms with van der Waals surface area (Å²) in [5.74, 6) is 1.15. The van der Waals surface area contributed by atoms with Crippen LogP contribution in [0.1, 0.15) is 57.9 Å². The lowest BCUT2D eigenvalue weighted by atomic mass is 9.75. The van der Waals surface area contributed by atoms with Crippen molar-refractivity contribution in [2.24, 2.45) is 5.92 Å². The van der Waals surface area contributed by atoms with Gasteiger partial charge in [0.2, 0.25) is 0 Å². The molecular weight excluding hydrogens is 237 g/mol. The zero-order valence-electron chi connectivity index (χ0n) is 12.3. The maximum absolute atomic E-state index is 13.6. The number of halogens is 1. The highest BCUT2D eigenvalue weighted by Gasteiger charge is 2.32. The lowest BCUT2D eigenvalue weighted by molar-refractivity contribution is 0.251. The third-order valence-electron chi connectivity index (χ3n) is 4.46. The molecule has 106 valence electrons. The van der Waals surface area contributed by atoms with Crippen LogP contribution in [0.15, 0.2) is 24.3 Å². The molecule has 1 aliphatic carbocycles. The summed E-state index contributed by atoms with van der Waals surface area (Å²) in [5.41, 5.74) is 0.898. The van der Waals surface area contributed by atoms with Crippen LogP contribution in [0.3, 0.4) is 0 Å². The van der Waals surface area contributed by atoms with Crippen molar-refractivity contribution in [1.82, 2.24) is 5.32 Å². The minimum atomic E-state index is -0.0430. The second-order valence-electron chi connectivity index (χ2n) is 6.20. The number of hydrogen-bond acceptors (Lipinski definition) is 1. The molecule has 0 radical (unpaired) electrons. The van der Waals surface area contributed by atoms with Gasteiger partial charge in [0.25, 0.3) is 0 Å². The predicted molar refractivity (Wildman–Crippen MR) is 78.8 cm³/mol. The van der Waals surface area contributed by atoms with E-state index in [-0.39, 0.29) is 5.82 Å². The highest BCUT2D eigenvalue weighted by atomic mass is 19.1. The van der Waals surface area contributed by atoms with E-state index in [1.807, 2.05) is 12.1 Å². The van der Waals surface area contributed by atoms with Crippen LogP contribution in [0.4, 0.5) is 4.39 Å². The molecule has 2 heteroatoms. The van der Waals surface area contributed by atoms with Gasteiger partial charge in [0.1, 0.15) is 5.82 Å². The standard InChI is InChI=1S/C17H26FN/c1-4-12(2)9-13(3)19-15-10-14(11-15)16-7-5-6-8-17(16)18/h5-8,12-15,19H,4,9-11H2,1-3H3. The number of nitrogens with one attached hydrogen (secondary N) is 1. The molecule has 19 heavy (non-hydrogen) atoms. The lowest BCUT2D eigenvalue weighted by Gasteiger charge is -2.38. The van der Waals surface area contributed by atoms with Gasteiger partial charge >= 0.3 is 0 Å². The van der Waals surface area contributed by atoms with Crippen molar-refractivity contribution in [2.75, 3.05) is 0 Å². The van der Waals surface area contributed by atoms with Gasteiger partial charge in [-0.15, -0.1) is 0 Å². The van der Waals surface area contributed by atoms with Gasteiger partial charge in [0.05, 0.1) is 0 Å². The zero-order valence-corrected chi connectivity index (χ0v) is 12.3. The molecule has 0 spiro atoms.